The minimum atomic E-state index is -0.799. The number of methoxy groups -OCH3 is 1. The number of hydrogen-bond acceptors (Lipinski definition) is 7. The van der Waals surface area contributed by atoms with Crippen molar-refractivity contribution in [3.63, 3.8) is 0 Å². The van der Waals surface area contributed by atoms with Crippen LogP contribution in [-0.2, 0) is 9.53 Å². The number of hydrogen-bond donors (Lipinski definition) is 0. The number of ether oxygens (including phenoxy) is 2. The molecule has 0 bridgehead atoms. The van der Waals surface area contributed by atoms with Gasteiger partial charge in [0.25, 0.3) is 5.56 Å². The summed E-state index contributed by atoms with van der Waals surface area (Å²) in [6, 6.07) is 13.0. The van der Waals surface area contributed by atoms with Crippen LogP contribution in [0.3, 0.4) is 0 Å². The van der Waals surface area contributed by atoms with E-state index in [0.29, 0.717) is 28.0 Å². The molecule has 8 nitrogen and oxygen atoms in total. The molecule has 1 aromatic heterocycles. The molecule has 0 N–H and O–H groups in total. The van der Waals surface area contributed by atoms with E-state index in [4.69, 9.17) is 14.5 Å². The standard InChI is InChI=1S/C27H32N4O4/c1-18(27(33)34-4)35-24-16-21(30(2)3)15-14-20(24)17-28-31-25(19-10-6-5-7-11-19)29-23-13-9-8-12-22(23)26(31)32/h8-9,12-19H,5-7,10-11H2,1-4H3/t18-/m1/s1. The van der Waals surface area contributed by atoms with Gasteiger partial charge in [0.1, 0.15) is 11.6 Å². The number of benzene rings is 2. The lowest BCUT2D eigenvalue weighted by Gasteiger charge is -2.23. The molecule has 0 unspecified atom stereocenters. The molecule has 0 saturated heterocycles. The fourth-order valence-corrected chi connectivity index (χ4v) is 4.41. The molecule has 8 heteroatoms. The van der Waals surface area contributed by atoms with Crippen LogP contribution in [0.1, 0.15) is 56.3 Å². The summed E-state index contributed by atoms with van der Waals surface area (Å²) >= 11 is 0. The van der Waals surface area contributed by atoms with E-state index in [1.165, 1.54) is 18.2 Å². The van der Waals surface area contributed by atoms with Gasteiger partial charge in [-0.05, 0) is 44.0 Å². The Morgan fingerprint density at radius 3 is 2.63 bits per heavy atom. The number of fused-ring (bicyclic) bond motifs is 1. The Bertz CT molecular complexity index is 1290. The van der Waals surface area contributed by atoms with Crippen LogP contribution in [0, 0.1) is 0 Å². The molecule has 0 radical (unpaired) electrons. The van der Waals surface area contributed by atoms with Crippen LogP contribution in [0.5, 0.6) is 5.75 Å². The van der Waals surface area contributed by atoms with E-state index < -0.39 is 12.1 Å². The first-order valence-corrected chi connectivity index (χ1v) is 12.0. The van der Waals surface area contributed by atoms with Gasteiger partial charge in [0, 0.05) is 37.3 Å². The van der Waals surface area contributed by atoms with Gasteiger partial charge in [-0.3, -0.25) is 4.79 Å². The first-order chi connectivity index (χ1) is 16.9. The number of carbonyl (C=O) groups is 1. The van der Waals surface area contributed by atoms with Gasteiger partial charge in [-0.25, -0.2) is 9.78 Å². The molecule has 184 valence electrons. The van der Waals surface area contributed by atoms with Gasteiger partial charge in [-0.1, -0.05) is 31.4 Å². The highest BCUT2D eigenvalue weighted by molar-refractivity contribution is 5.85. The molecule has 35 heavy (non-hydrogen) atoms. The zero-order valence-corrected chi connectivity index (χ0v) is 20.7. The normalized spacial score (nSPS) is 15.3. The van der Waals surface area contributed by atoms with Crippen molar-refractivity contribution in [2.45, 2.75) is 51.0 Å². The minimum absolute atomic E-state index is 0.185. The molecule has 2 aromatic carbocycles. The number of aromatic nitrogens is 2. The highest BCUT2D eigenvalue weighted by Crippen LogP contribution is 2.32. The second-order valence-corrected chi connectivity index (χ2v) is 9.08. The third-order valence-electron chi connectivity index (χ3n) is 6.41. The second kappa shape index (κ2) is 10.7. The van der Waals surface area contributed by atoms with Gasteiger partial charge < -0.3 is 14.4 Å². The topological polar surface area (TPSA) is 86.0 Å². The van der Waals surface area contributed by atoms with Crippen LogP contribution < -0.4 is 15.2 Å². The maximum Gasteiger partial charge on any atom is 0.346 e. The summed E-state index contributed by atoms with van der Waals surface area (Å²) in [5.74, 6) is 0.876. The van der Waals surface area contributed by atoms with Crippen molar-refractivity contribution in [1.82, 2.24) is 9.66 Å². The van der Waals surface area contributed by atoms with Crippen LogP contribution >= 0.6 is 0 Å². The highest BCUT2D eigenvalue weighted by atomic mass is 16.6. The lowest BCUT2D eigenvalue weighted by atomic mass is 9.88. The Morgan fingerprint density at radius 2 is 1.91 bits per heavy atom. The molecule has 1 aliphatic carbocycles. The van der Waals surface area contributed by atoms with Crippen LogP contribution in [0.15, 0.2) is 52.4 Å². The number of rotatable bonds is 7. The predicted molar refractivity (Wildman–Crippen MR) is 138 cm³/mol. The SMILES string of the molecule is COC(=O)[C@@H](C)Oc1cc(N(C)C)ccc1C=Nn1c(C2CCCCC2)nc2ccccc2c1=O. The van der Waals surface area contributed by atoms with E-state index in [0.717, 1.165) is 31.4 Å². The summed E-state index contributed by atoms with van der Waals surface area (Å²) in [6.07, 6.45) is 6.22. The zero-order chi connectivity index (χ0) is 24.9. The molecule has 1 aliphatic rings. The number of anilines is 1. The minimum Gasteiger partial charge on any atom is -0.478 e. The molecule has 1 saturated carbocycles. The average molecular weight is 477 g/mol. The summed E-state index contributed by atoms with van der Waals surface area (Å²) < 4.78 is 12.2. The van der Waals surface area contributed by atoms with Gasteiger partial charge in [-0.2, -0.15) is 9.78 Å². The number of esters is 1. The zero-order valence-electron chi connectivity index (χ0n) is 20.7. The molecule has 0 amide bonds. The lowest BCUT2D eigenvalue weighted by Crippen LogP contribution is -2.26. The third kappa shape index (κ3) is 5.37. The lowest BCUT2D eigenvalue weighted by molar-refractivity contribution is -0.147. The number of carbonyl (C=O) groups excluding carboxylic acids is 1. The van der Waals surface area contributed by atoms with Gasteiger partial charge in [-0.15, -0.1) is 0 Å². The van der Waals surface area contributed by atoms with Crippen molar-refractivity contribution in [3.05, 3.63) is 64.2 Å². The van der Waals surface area contributed by atoms with Crippen LogP contribution in [-0.4, -0.2) is 49.2 Å². The van der Waals surface area contributed by atoms with Gasteiger partial charge in [0.2, 0.25) is 0 Å². The molecule has 1 atom stereocenters. The Hall–Kier alpha value is -3.68. The Labute approximate surface area is 205 Å². The smallest absolute Gasteiger partial charge is 0.346 e. The van der Waals surface area contributed by atoms with E-state index in [-0.39, 0.29) is 11.5 Å². The van der Waals surface area contributed by atoms with Crippen molar-refractivity contribution < 1.29 is 14.3 Å². The van der Waals surface area contributed by atoms with E-state index in [1.54, 1.807) is 19.2 Å². The van der Waals surface area contributed by atoms with E-state index >= 15 is 0 Å². The molecule has 1 fully saturated rings. The number of para-hydroxylation sites is 1. The summed E-state index contributed by atoms with van der Waals surface area (Å²) in [4.78, 5) is 32.2. The summed E-state index contributed by atoms with van der Waals surface area (Å²) in [7, 11) is 5.17. The molecule has 3 aromatic rings. The summed E-state index contributed by atoms with van der Waals surface area (Å²) in [5, 5.41) is 5.15. The van der Waals surface area contributed by atoms with Crippen molar-refractivity contribution in [3.8, 4) is 5.75 Å². The van der Waals surface area contributed by atoms with Gasteiger partial charge in [0.15, 0.2) is 6.10 Å². The first kappa shape index (κ1) is 24.4. The fourth-order valence-electron chi connectivity index (χ4n) is 4.41. The second-order valence-electron chi connectivity index (χ2n) is 9.08. The maximum absolute atomic E-state index is 13.5. The molecule has 0 aliphatic heterocycles. The van der Waals surface area contributed by atoms with Crippen molar-refractivity contribution in [1.29, 1.82) is 0 Å². The first-order valence-electron chi connectivity index (χ1n) is 12.0. The Balaban J connectivity index is 1.79. The third-order valence-corrected chi connectivity index (χ3v) is 6.41. The molecular formula is C27H32N4O4. The number of nitrogens with zero attached hydrogens (tertiary/aromatic N) is 4. The molecular weight excluding hydrogens is 444 g/mol. The molecule has 4 rings (SSSR count). The predicted octanol–water partition coefficient (Wildman–Crippen LogP) is 4.33. The fraction of sp³-hybridized carbons (Fsp3) is 0.407. The van der Waals surface area contributed by atoms with E-state index in [1.807, 2.05) is 55.4 Å². The summed E-state index contributed by atoms with van der Waals surface area (Å²) in [5.41, 5.74) is 2.04. The van der Waals surface area contributed by atoms with Crippen molar-refractivity contribution >= 4 is 28.8 Å². The molecule has 1 heterocycles. The van der Waals surface area contributed by atoms with E-state index in [2.05, 4.69) is 5.10 Å². The monoisotopic (exact) mass is 476 g/mol. The van der Waals surface area contributed by atoms with Gasteiger partial charge in [0.05, 0.1) is 24.2 Å². The highest BCUT2D eigenvalue weighted by Gasteiger charge is 2.23. The van der Waals surface area contributed by atoms with Crippen LogP contribution in [0.2, 0.25) is 0 Å². The van der Waals surface area contributed by atoms with E-state index in [9.17, 15) is 9.59 Å². The Morgan fingerprint density at radius 1 is 1.17 bits per heavy atom. The van der Waals surface area contributed by atoms with Crippen molar-refractivity contribution in [2.24, 2.45) is 5.10 Å². The van der Waals surface area contributed by atoms with Crippen LogP contribution in [0.25, 0.3) is 10.9 Å². The average Bonchev–Trinajstić information content (AvgIpc) is 2.88. The summed E-state index contributed by atoms with van der Waals surface area (Å²) in [6.45, 7) is 1.63. The van der Waals surface area contributed by atoms with Gasteiger partial charge >= 0.3 is 5.97 Å². The Kier molecular flexibility index (Phi) is 7.48. The molecule has 0 spiro atoms. The quantitative estimate of drug-likeness (QED) is 0.373. The largest absolute Gasteiger partial charge is 0.478 e. The van der Waals surface area contributed by atoms with Crippen molar-refractivity contribution in [2.75, 3.05) is 26.1 Å². The van der Waals surface area contributed by atoms with Crippen LogP contribution in [0.4, 0.5) is 5.69 Å². The maximum atomic E-state index is 13.5.